The summed E-state index contributed by atoms with van der Waals surface area (Å²) in [5.74, 6) is -0.302. The van der Waals surface area contributed by atoms with Crippen LogP contribution in [0.15, 0.2) is 34.2 Å². The molecular weight excluding hydrogens is 459 g/mol. The van der Waals surface area contributed by atoms with Crippen LogP contribution in [-0.2, 0) is 23.8 Å². The first kappa shape index (κ1) is 22.8. The van der Waals surface area contributed by atoms with Crippen LogP contribution in [0.1, 0.15) is 42.2 Å². The second kappa shape index (κ2) is 9.27. The number of benzene rings is 1. The van der Waals surface area contributed by atoms with Crippen molar-refractivity contribution < 1.29 is 18.0 Å². The number of thioether (sulfide) groups is 1. The van der Waals surface area contributed by atoms with Crippen molar-refractivity contribution in [3.05, 3.63) is 50.6 Å². The van der Waals surface area contributed by atoms with E-state index in [1.807, 2.05) is 6.92 Å². The lowest BCUT2D eigenvalue weighted by Gasteiger charge is -2.17. The maximum absolute atomic E-state index is 13.8. The number of nitrogens with one attached hydrogen (secondary N) is 1. The van der Waals surface area contributed by atoms with Gasteiger partial charge in [0.1, 0.15) is 4.83 Å². The van der Waals surface area contributed by atoms with Gasteiger partial charge in [0.05, 0.1) is 22.4 Å². The van der Waals surface area contributed by atoms with Gasteiger partial charge in [-0.15, -0.1) is 11.3 Å². The van der Waals surface area contributed by atoms with E-state index in [0.29, 0.717) is 16.8 Å². The zero-order valence-corrected chi connectivity index (χ0v) is 19.1. The van der Waals surface area contributed by atoms with Crippen LogP contribution in [0.2, 0.25) is 0 Å². The number of nitrogens with zero attached hydrogens (tertiary/aromatic N) is 2. The van der Waals surface area contributed by atoms with Gasteiger partial charge >= 0.3 is 6.18 Å². The van der Waals surface area contributed by atoms with E-state index in [4.69, 9.17) is 0 Å². The third-order valence-corrected chi connectivity index (χ3v) is 7.44. The minimum Gasteiger partial charge on any atom is -0.355 e. The van der Waals surface area contributed by atoms with E-state index in [9.17, 15) is 22.8 Å². The van der Waals surface area contributed by atoms with Gasteiger partial charge in [-0.05, 0) is 49.8 Å². The Balaban J connectivity index is 1.90. The van der Waals surface area contributed by atoms with Crippen molar-refractivity contribution in [1.29, 1.82) is 0 Å². The highest BCUT2D eigenvalue weighted by molar-refractivity contribution is 7.99. The van der Waals surface area contributed by atoms with Gasteiger partial charge in [-0.25, -0.2) is 4.98 Å². The Labute approximate surface area is 191 Å². The van der Waals surface area contributed by atoms with E-state index in [-0.39, 0.29) is 22.5 Å². The van der Waals surface area contributed by atoms with E-state index in [0.717, 1.165) is 64.9 Å². The fourth-order valence-electron chi connectivity index (χ4n) is 3.85. The van der Waals surface area contributed by atoms with Crippen molar-refractivity contribution in [2.45, 2.75) is 50.4 Å². The summed E-state index contributed by atoms with van der Waals surface area (Å²) in [4.78, 5) is 32.0. The van der Waals surface area contributed by atoms with Gasteiger partial charge in [-0.3, -0.25) is 14.2 Å². The van der Waals surface area contributed by atoms with Crippen LogP contribution in [0.5, 0.6) is 0 Å². The Morgan fingerprint density at radius 1 is 1.25 bits per heavy atom. The van der Waals surface area contributed by atoms with Gasteiger partial charge in [0.15, 0.2) is 5.16 Å². The molecule has 0 saturated carbocycles. The van der Waals surface area contributed by atoms with Crippen molar-refractivity contribution in [2.24, 2.45) is 0 Å². The van der Waals surface area contributed by atoms with Crippen molar-refractivity contribution in [1.82, 2.24) is 14.9 Å². The average Bonchev–Trinajstić information content (AvgIpc) is 3.14. The Hall–Kier alpha value is -2.33. The molecule has 2 heterocycles. The number of carbonyl (C=O) groups excluding carboxylic acids is 1. The molecule has 0 radical (unpaired) electrons. The molecule has 1 N–H and O–H groups in total. The number of fused-ring (bicyclic) bond motifs is 3. The molecule has 2 aromatic heterocycles. The fourth-order valence-corrected chi connectivity index (χ4v) is 5.99. The number of halogens is 3. The van der Waals surface area contributed by atoms with Crippen LogP contribution in [0, 0.1) is 0 Å². The smallest absolute Gasteiger partial charge is 0.355 e. The molecule has 10 heteroatoms. The number of aromatic nitrogens is 2. The molecule has 0 spiro atoms. The van der Waals surface area contributed by atoms with Gasteiger partial charge in [0.25, 0.3) is 5.56 Å². The maximum atomic E-state index is 13.8. The van der Waals surface area contributed by atoms with Crippen LogP contribution in [-0.4, -0.2) is 27.8 Å². The van der Waals surface area contributed by atoms with Crippen LogP contribution in [0.3, 0.4) is 0 Å². The van der Waals surface area contributed by atoms with E-state index < -0.39 is 17.3 Å². The lowest BCUT2D eigenvalue weighted by atomic mass is 9.97. The summed E-state index contributed by atoms with van der Waals surface area (Å²) in [5, 5.41) is 3.23. The zero-order valence-electron chi connectivity index (χ0n) is 17.4. The summed E-state index contributed by atoms with van der Waals surface area (Å²) in [5.41, 5.74) is -0.789. The standard InChI is InChI=1S/C22H22F3N3O2S2/c1-2-11-26-17(29)12-31-21-27-19-18(13-7-3-6-10-16(13)32-19)20(30)28(21)15-9-5-4-8-14(15)22(23,24)25/h4-5,8-9H,2-3,6-7,10-12H2,1H3,(H,26,29). The van der Waals surface area contributed by atoms with Gasteiger partial charge < -0.3 is 5.32 Å². The lowest BCUT2D eigenvalue weighted by molar-refractivity contribution is -0.137. The van der Waals surface area contributed by atoms with Crippen LogP contribution >= 0.6 is 23.1 Å². The summed E-state index contributed by atoms with van der Waals surface area (Å²) in [6.45, 7) is 2.43. The van der Waals surface area contributed by atoms with Crippen molar-refractivity contribution in [3.63, 3.8) is 0 Å². The molecule has 0 aliphatic heterocycles. The summed E-state index contributed by atoms with van der Waals surface area (Å²) < 4.78 is 42.4. The van der Waals surface area contributed by atoms with Crippen LogP contribution < -0.4 is 10.9 Å². The number of rotatable bonds is 6. The van der Waals surface area contributed by atoms with E-state index >= 15 is 0 Å². The van der Waals surface area contributed by atoms with Crippen molar-refractivity contribution >= 4 is 39.2 Å². The Morgan fingerprint density at radius 3 is 2.75 bits per heavy atom. The Bertz CT molecular complexity index is 1220. The monoisotopic (exact) mass is 481 g/mol. The number of hydrogen-bond acceptors (Lipinski definition) is 5. The minimum absolute atomic E-state index is 0.0444. The third-order valence-electron chi connectivity index (χ3n) is 5.31. The first-order valence-electron chi connectivity index (χ1n) is 10.4. The number of aryl methyl sites for hydroxylation is 2. The Kier molecular flexibility index (Phi) is 6.62. The molecule has 0 atom stereocenters. The molecule has 1 amide bonds. The maximum Gasteiger partial charge on any atom is 0.418 e. The number of carbonyl (C=O) groups is 1. The molecule has 5 nitrogen and oxygen atoms in total. The van der Waals surface area contributed by atoms with E-state index in [1.165, 1.54) is 29.5 Å². The summed E-state index contributed by atoms with van der Waals surface area (Å²) >= 11 is 2.40. The minimum atomic E-state index is -4.64. The molecule has 0 saturated heterocycles. The van der Waals surface area contributed by atoms with E-state index in [1.54, 1.807) is 0 Å². The molecule has 1 aliphatic rings. The highest BCUT2D eigenvalue weighted by atomic mass is 32.2. The van der Waals surface area contributed by atoms with E-state index in [2.05, 4.69) is 10.3 Å². The third kappa shape index (κ3) is 4.43. The quantitative estimate of drug-likeness (QED) is 0.399. The zero-order chi connectivity index (χ0) is 22.9. The molecule has 0 bridgehead atoms. The molecule has 0 unspecified atom stereocenters. The number of para-hydroxylation sites is 1. The molecule has 4 rings (SSSR count). The largest absolute Gasteiger partial charge is 0.418 e. The highest BCUT2D eigenvalue weighted by Gasteiger charge is 2.35. The van der Waals surface area contributed by atoms with Gasteiger partial charge in [-0.2, -0.15) is 13.2 Å². The topological polar surface area (TPSA) is 64.0 Å². The van der Waals surface area contributed by atoms with Crippen LogP contribution in [0.4, 0.5) is 13.2 Å². The van der Waals surface area contributed by atoms with Crippen LogP contribution in [0.25, 0.3) is 15.9 Å². The fraction of sp³-hybridized carbons (Fsp3) is 0.409. The van der Waals surface area contributed by atoms with Gasteiger partial charge in [0.2, 0.25) is 5.91 Å². The molecular formula is C22H22F3N3O2S2. The summed E-state index contributed by atoms with van der Waals surface area (Å²) in [6, 6.07) is 4.99. The lowest BCUT2D eigenvalue weighted by Crippen LogP contribution is -2.28. The predicted molar refractivity (Wildman–Crippen MR) is 121 cm³/mol. The second-order valence-electron chi connectivity index (χ2n) is 7.58. The average molecular weight is 482 g/mol. The predicted octanol–water partition coefficient (Wildman–Crippen LogP) is 4.96. The second-order valence-corrected chi connectivity index (χ2v) is 9.61. The van der Waals surface area contributed by atoms with Crippen molar-refractivity contribution in [3.8, 4) is 5.69 Å². The molecule has 1 aliphatic carbocycles. The number of thiophene rings is 1. The molecule has 3 aromatic rings. The molecule has 0 fully saturated rings. The molecule has 170 valence electrons. The van der Waals surface area contributed by atoms with Gasteiger partial charge in [0, 0.05) is 11.4 Å². The molecule has 32 heavy (non-hydrogen) atoms. The first-order chi connectivity index (χ1) is 15.3. The number of amides is 1. The normalized spacial score (nSPS) is 13.9. The molecule has 1 aromatic carbocycles. The number of hydrogen-bond donors (Lipinski definition) is 1. The van der Waals surface area contributed by atoms with Crippen molar-refractivity contribution in [2.75, 3.05) is 12.3 Å². The SMILES string of the molecule is CCCNC(=O)CSc1nc2sc3c(c2c(=O)n1-c1ccccc1C(F)(F)F)CCCC3. The first-order valence-corrected chi connectivity index (χ1v) is 12.2. The highest BCUT2D eigenvalue weighted by Crippen LogP contribution is 2.37. The summed E-state index contributed by atoms with van der Waals surface area (Å²) in [6.07, 6.45) is -0.351. The number of alkyl halides is 3. The Morgan fingerprint density at radius 2 is 2.00 bits per heavy atom. The van der Waals surface area contributed by atoms with Gasteiger partial charge in [-0.1, -0.05) is 30.8 Å². The summed E-state index contributed by atoms with van der Waals surface area (Å²) in [7, 11) is 0.